The van der Waals surface area contributed by atoms with Crippen LogP contribution in [0.25, 0.3) is 0 Å². The van der Waals surface area contributed by atoms with E-state index in [0.717, 1.165) is 41.8 Å². The Balaban J connectivity index is 1.75. The molecule has 0 unspecified atom stereocenters. The molecule has 3 rings (SSSR count). The molecule has 3 heterocycles. The number of carbonyl (C=O) groups excluding carboxylic acids is 1. The van der Waals surface area contributed by atoms with Crippen LogP contribution in [0.4, 0.5) is 0 Å². The van der Waals surface area contributed by atoms with E-state index in [1.54, 1.807) is 6.20 Å². The van der Waals surface area contributed by atoms with Gasteiger partial charge >= 0.3 is 0 Å². The highest BCUT2D eigenvalue weighted by atomic mass is 79.9. The van der Waals surface area contributed by atoms with Crippen LogP contribution in [0.15, 0.2) is 41.1 Å². The lowest BCUT2D eigenvalue weighted by Gasteiger charge is -2.25. The number of aromatic nitrogens is 2. The Kier molecular flexibility index (Phi) is 4.51. The largest absolute Gasteiger partial charge is 0.342 e. The van der Waals surface area contributed by atoms with Crippen LogP contribution in [0.5, 0.6) is 0 Å². The third-order valence-corrected chi connectivity index (χ3v) is 4.37. The first kappa shape index (κ1) is 14.5. The highest BCUT2D eigenvalue weighted by molar-refractivity contribution is 9.10. The molecule has 1 saturated heterocycles. The average Bonchev–Trinajstić information content (AvgIpc) is 3.00. The fraction of sp³-hybridized carbons (Fsp3) is 0.375. The molecule has 0 aliphatic carbocycles. The fourth-order valence-corrected chi connectivity index (χ4v) is 3.03. The first-order chi connectivity index (χ1) is 10.2. The minimum Gasteiger partial charge on any atom is -0.342 e. The van der Waals surface area contributed by atoms with Gasteiger partial charge < -0.3 is 9.88 Å². The van der Waals surface area contributed by atoms with Gasteiger partial charge in [-0.3, -0.25) is 9.78 Å². The molecule has 1 aliphatic rings. The summed E-state index contributed by atoms with van der Waals surface area (Å²) in [4.78, 5) is 16.8. The van der Waals surface area contributed by atoms with Gasteiger partial charge in [0.25, 0.3) is 0 Å². The summed E-state index contributed by atoms with van der Waals surface area (Å²) in [5, 5.41) is 3.36. The average molecular weight is 348 g/mol. The summed E-state index contributed by atoms with van der Waals surface area (Å²) >= 11 is 3.36. The number of ketones is 1. The molecule has 2 aromatic rings. The van der Waals surface area contributed by atoms with E-state index in [0.29, 0.717) is 12.5 Å². The number of piperidine rings is 1. The van der Waals surface area contributed by atoms with Crippen LogP contribution in [-0.4, -0.2) is 28.4 Å². The molecule has 110 valence electrons. The van der Waals surface area contributed by atoms with E-state index in [2.05, 4.69) is 30.8 Å². The van der Waals surface area contributed by atoms with Gasteiger partial charge in [0.15, 0.2) is 5.78 Å². The van der Waals surface area contributed by atoms with Crippen LogP contribution < -0.4 is 5.32 Å². The lowest BCUT2D eigenvalue weighted by atomic mass is 10.1. The Hall–Kier alpha value is -1.46. The number of pyridine rings is 1. The van der Waals surface area contributed by atoms with E-state index in [9.17, 15) is 4.79 Å². The van der Waals surface area contributed by atoms with Crippen molar-refractivity contribution < 1.29 is 4.79 Å². The Morgan fingerprint density at radius 2 is 2.14 bits per heavy atom. The van der Waals surface area contributed by atoms with Gasteiger partial charge in [-0.2, -0.15) is 0 Å². The van der Waals surface area contributed by atoms with Crippen molar-refractivity contribution in [1.82, 2.24) is 14.9 Å². The Labute approximate surface area is 132 Å². The molecule has 4 nitrogen and oxygen atoms in total. The normalized spacial score (nSPS) is 16.0. The van der Waals surface area contributed by atoms with Crippen LogP contribution in [-0.2, 0) is 6.42 Å². The first-order valence-electron chi connectivity index (χ1n) is 7.25. The van der Waals surface area contributed by atoms with E-state index < -0.39 is 0 Å². The van der Waals surface area contributed by atoms with Crippen LogP contribution in [0.3, 0.4) is 0 Å². The van der Waals surface area contributed by atoms with E-state index in [1.807, 2.05) is 30.5 Å². The molecule has 0 saturated carbocycles. The number of hydrogen-bond donors (Lipinski definition) is 1. The van der Waals surface area contributed by atoms with E-state index in [-0.39, 0.29) is 5.78 Å². The molecule has 1 fully saturated rings. The van der Waals surface area contributed by atoms with Crippen molar-refractivity contribution in [1.29, 1.82) is 0 Å². The van der Waals surface area contributed by atoms with Gasteiger partial charge in [-0.1, -0.05) is 0 Å². The van der Waals surface area contributed by atoms with Crippen LogP contribution in [0.2, 0.25) is 0 Å². The van der Waals surface area contributed by atoms with Crippen molar-refractivity contribution >= 4 is 21.7 Å². The third-order valence-electron chi connectivity index (χ3n) is 3.90. The minimum atomic E-state index is 0.133. The fourth-order valence-electron chi connectivity index (χ4n) is 2.80. The summed E-state index contributed by atoms with van der Waals surface area (Å²) in [5.74, 6) is 0.133. The molecule has 0 atom stereocenters. The zero-order valence-corrected chi connectivity index (χ0v) is 13.3. The lowest BCUT2D eigenvalue weighted by Crippen LogP contribution is -2.30. The van der Waals surface area contributed by atoms with Gasteiger partial charge in [0.2, 0.25) is 0 Å². The van der Waals surface area contributed by atoms with Gasteiger partial charge in [0, 0.05) is 28.6 Å². The van der Waals surface area contributed by atoms with Crippen molar-refractivity contribution in [2.24, 2.45) is 0 Å². The quantitative estimate of drug-likeness (QED) is 0.864. The standard InChI is InChI=1S/C16H18BrN3O/c17-12-3-4-13(19-11-12)10-16(21)15-2-1-9-20(15)14-5-7-18-8-6-14/h1-4,9,11,14,18H,5-8,10H2. The molecule has 0 spiro atoms. The molecular formula is C16H18BrN3O. The maximum absolute atomic E-state index is 12.5. The van der Waals surface area contributed by atoms with Crippen LogP contribution >= 0.6 is 15.9 Å². The monoisotopic (exact) mass is 347 g/mol. The number of hydrogen-bond acceptors (Lipinski definition) is 3. The Morgan fingerprint density at radius 3 is 2.86 bits per heavy atom. The predicted octanol–water partition coefficient (Wildman–Crippen LogP) is 3.00. The second-order valence-corrected chi connectivity index (χ2v) is 6.27. The van der Waals surface area contributed by atoms with Crippen molar-refractivity contribution in [2.45, 2.75) is 25.3 Å². The lowest BCUT2D eigenvalue weighted by molar-refractivity contribution is 0.0979. The van der Waals surface area contributed by atoms with Gasteiger partial charge in [0.1, 0.15) is 0 Å². The number of nitrogens with zero attached hydrogens (tertiary/aromatic N) is 2. The number of nitrogens with one attached hydrogen (secondary N) is 1. The molecule has 1 aliphatic heterocycles. The molecule has 0 amide bonds. The number of Topliss-reactive ketones (excluding diaryl/α,β-unsaturated/α-hetero) is 1. The number of carbonyl (C=O) groups is 1. The van der Waals surface area contributed by atoms with Gasteiger partial charge in [0.05, 0.1) is 12.1 Å². The summed E-state index contributed by atoms with van der Waals surface area (Å²) in [6.45, 7) is 2.04. The summed E-state index contributed by atoms with van der Waals surface area (Å²) < 4.78 is 3.07. The first-order valence-corrected chi connectivity index (χ1v) is 8.04. The molecule has 21 heavy (non-hydrogen) atoms. The molecule has 5 heteroatoms. The third kappa shape index (κ3) is 3.41. The minimum absolute atomic E-state index is 0.133. The topological polar surface area (TPSA) is 46.9 Å². The molecule has 0 radical (unpaired) electrons. The van der Waals surface area contributed by atoms with Crippen LogP contribution in [0.1, 0.15) is 35.1 Å². The molecular weight excluding hydrogens is 330 g/mol. The summed E-state index contributed by atoms with van der Waals surface area (Å²) in [5.41, 5.74) is 1.60. The zero-order chi connectivity index (χ0) is 14.7. The SMILES string of the molecule is O=C(Cc1ccc(Br)cn1)c1cccn1C1CCNCC1. The smallest absolute Gasteiger partial charge is 0.185 e. The summed E-state index contributed by atoms with van der Waals surface area (Å²) in [7, 11) is 0. The maximum Gasteiger partial charge on any atom is 0.185 e. The maximum atomic E-state index is 12.5. The van der Waals surface area contributed by atoms with Crippen molar-refractivity contribution in [3.05, 3.63) is 52.5 Å². The second-order valence-electron chi connectivity index (χ2n) is 5.35. The van der Waals surface area contributed by atoms with Crippen molar-refractivity contribution in [2.75, 3.05) is 13.1 Å². The van der Waals surface area contributed by atoms with Crippen LogP contribution in [0, 0.1) is 0 Å². The highest BCUT2D eigenvalue weighted by Crippen LogP contribution is 2.22. The molecule has 0 aromatic carbocycles. The number of rotatable bonds is 4. The predicted molar refractivity (Wildman–Crippen MR) is 85.5 cm³/mol. The molecule has 0 bridgehead atoms. The highest BCUT2D eigenvalue weighted by Gasteiger charge is 2.20. The van der Waals surface area contributed by atoms with Gasteiger partial charge in [-0.25, -0.2) is 0 Å². The zero-order valence-electron chi connectivity index (χ0n) is 11.8. The Morgan fingerprint density at radius 1 is 1.33 bits per heavy atom. The van der Waals surface area contributed by atoms with Crippen molar-refractivity contribution in [3.8, 4) is 0 Å². The van der Waals surface area contributed by atoms with Crippen molar-refractivity contribution in [3.63, 3.8) is 0 Å². The van der Waals surface area contributed by atoms with E-state index in [4.69, 9.17) is 0 Å². The number of halogens is 1. The Bertz CT molecular complexity index is 615. The molecule has 1 N–H and O–H groups in total. The van der Waals surface area contributed by atoms with E-state index >= 15 is 0 Å². The summed E-state index contributed by atoms with van der Waals surface area (Å²) in [6, 6.07) is 8.12. The van der Waals surface area contributed by atoms with E-state index in [1.165, 1.54) is 0 Å². The second kappa shape index (κ2) is 6.54. The summed E-state index contributed by atoms with van der Waals surface area (Å²) in [6.07, 6.45) is 6.26. The van der Waals surface area contributed by atoms with Gasteiger partial charge in [-0.15, -0.1) is 0 Å². The molecule has 2 aromatic heterocycles. The van der Waals surface area contributed by atoms with Gasteiger partial charge in [-0.05, 0) is 66.1 Å².